The van der Waals surface area contributed by atoms with E-state index >= 15 is 0 Å². The summed E-state index contributed by atoms with van der Waals surface area (Å²) in [7, 11) is -2.31. The first-order valence-electron chi connectivity index (χ1n) is 9.27. The zero-order valence-electron chi connectivity index (χ0n) is 15.6. The fraction of sp³-hybridized carbons (Fsp3) is 0.227. The van der Waals surface area contributed by atoms with E-state index in [2.05, 4.69) is 11.4 Å². The van der Waals surface area contributed by atoms with E-state index in [0.717, 1.165) is 33.5 Å². The summed E-state index contributed by atoms with van der Waals surface area (Å²) in [5.41, 5.74) is 2.36. The lowest BCUT2D eigenvalue weighted by Gasteiger charge is -2.19. The number of nitrogens with zero attached hydrogens (tertiary/aromatic N) is 1. The maximum atomic E-state index is 12.9. The predicted octanol–water partition coefficient (Wildman–Crippen LogP) is 3.26. The summed E-state index contributed by atoms with van der Waals surface area (Å²) < 4.78 is 26.9. The maximum Gasteiger partial charge on any atom is 0.243 e. The first kappa shape index (κ1) is 18.7. The van der Waals surface area contributed by atoms with Gasteiger partial charge in [0, 0.05) is 7.05 Å². The van der Waals surface area contributed by atoms with Crippen LogP contribution in [0.5, 0.6) is 0 Å². The Balaban J connectivity index is 1.47. The zero-order valence-corrected chi connectivity index (χ0v) is 16.4. The molecule has 3 aromatic rings. The largest absolute Gasteiger partial charge is 0.348 e. The number of aryl methyl sites for hydroxylation is 1. The number of carbonyl (C=O) groups is 1. The summed E-state index contributed by atoms with van der Waals surface area (Å²) >= 11 is 0. The molecule has 6 heteroatoms. The molecule has 0 aromatic heterocycles. The minimum atomic E-state index is -3.75. The fourth-order valence-electron chi connectivity index (χ4n) is 3.74. The van der Waals surface area contributed by atoms with E-state index in [0.29, 0.717) is 0 Å². The molecule has 0 bridgehead atoms. The Hall–Kier alpha value is -2.70. The van der Waals surface area contributed by atoms with Crippen molar-refractivity contribution in [2.45, 2.75) is 23.8 Å². The SMILES string of the molecule is CN(CC(=O)NC1CCc2ccccc21)S(=O)(=O)c1ccc2ccccc2c1. The molecule has 0 spiro atoms. The second-order valence-electron chi connectivity index (χ2n) is 7.13. The minimum absolute atomic E-state index is 0.0551. The van der Waals surface area contributed by atoms with Crippen molar-refractivity contribution in [2.24, 2.45) is 0 Å². The van der Waals surface area contributed by atoms with Gasteiger partial charge >= 0.3 is 0 Å². The standard InChI is InChI=1S/C22H22N2O3S/c1-24(15-22(25)23-21-13-11-17-7-4-5-9-20(17)21)28(26,27)19-12-10-16-6-2-3-8-18(16)14-19/h2-10,12,14,21H,11,13,15H2,1H3,(H,23,25). The highest BCUT2D eigenvalue weighted by Crippen LogP contribution is 2.30. The number of hydrogen-bond acceptors (Lipinski definition) is 3. The van der Waals surface area contributed by atoms with Gasteiger partial charge in [0.15, 0.2) is 0 Å². The molecule has 1 aliphatic rings. The lowest BCUT2D eigenvalue weighted by atomic mass is 10.1. The molecule has 4 rings (SSSR count). The number of benzene rings is 3. The van der Waals surface area contributed by atoms with Gasteiger partial charge in [0.1, 0.15) is 0 Å². The van der Waals surface area contributed by atoms with E-state index in [4.69, 9.17) is 0 Å². The number of hydrogen-bond donors (Lipinski definition) is 1. The number of nitrogens with one attached hydrogen (secondary N) is 1. The van der Waals surface area contributed by atoms with Crippen molar-refractivity contribution < 1.29 is 13.2 Å². The molecule has 28 heavy (non-hydrogen) atoms. The monoisotopic (exact) mass is 394 g/mol. The smallest absolute Gasteiger partial charge is 0.243 e. The van der Waals surface area contributed by atoms with Gasteiger partial charge in [0.05, 0.1) is 17.5 Å². The van der Waals surface area contributed by atoms with Gasteiger partial charge in [0.2, 0.25) is 15.9 Å². The molecular formula is C22H22N2O3S. The first-order valence-corrected chi connectivity index (χ1v) is 10.7. The number of amides is 1. The molecular weight excluding hydrogens is 372 g/mol. The number of carbonyl (C=O) groups excluding carboxylic acids is 1. The van der Waals surface area contributed by atoms with Gasteiger partial charge in [-0.3, -0.25) is 4.79 Å². The normalized spacial score (nSPS) is 16.3. The molecule has 0 saturated carbocycles. The van der Waals surface area contributed by atoms with Crippen molar-refractivity contribution in [3.8, 4) is 0 Å². The van der Waals surface area contributed by atoms with Gasteiger partial charge in [-0.15, -0.1) is 0 Å². The van der Waals surface area contributed by atoms with Crippen molar-refractivity contribution in [2.75, 3.05) is 13.6 Å². The average molecular weight is 394 g/mol. The topological polar surface area (TPSA) is 66.5 Å². The molecule has 5 nitrogen and oxygen atoms in total. The predicted molar refractivity (Wildman–Crippen MR) is 109 cm³/mol. The Kier molecular flexibility index (Phi) is 4.91. The van der Waals surface area contributed by atoms with Crippen molar-refractivity contribution in [1.29, 1.82) is 0 Å². The molecule has 1 aliphatic carbocycles. The summed E-state index contributed by atoms with van der Waals surface area (Å²) in [6.45, 7) is -0.214. The summed E-state index contributed by atoms with van der Waals surface area (Å²) in [5, 5.41) is 4.80. The Morgan fingerprint density at radius 1 is 1.04 bits per heavy atom. The molecule has 0 aliphatic heterocycles. The zero-order chi connectivity index (χ0) is 19.7. The van der Waals surface area contributed by atoms with Crippen LogP contribution in [0.2, 0.25) is 0 Å². The van der Waals surface area contributed by atoms with Crippen LogP contribution in [0, 0.1) is 0 Å². The van der Waals surface area contributed by atoms with E-state index in [9.17, 15) is 13.2 Å². The fourth-order valence-corrected chi connectivity index (χ4v) is 4.91. The van der Waals surface area contributed by atoms with Crippen LogP contribution in [0.25, 0.3) is 10.8 Å². The molecule has 0 radical (unpaired) electrons. The van der Waals surface area contributed by atoms with E-state index in [1.165, 1.54) is 12.6 Å². The second kappa shape index (κ2) is 7.37. The van der Waals surface area contributed by atoms with E-state index < -0.39 is 10.0 Å². The first-order chi connectivity index (χ1) is 13.4. The summed E-state index contributed by atoms with van der Waals surface area (Å²) in [6.07, 6.45) is 1.76. The summed E-state index contributed by atoms with van der Waals surface area (Å²) in [4.78, 5) is 12.7. The average Bonchev–Trinajstić information content (AvgIpc) is 3.10. The van der Waals surface area contributed by atoms with Crippen LogP contribution in [0.15, 0.2) is 71.6 Å². The van der Waals surface area contributed by atoms with Crippen LogP contribution >= 0.6 is 0 Å². The van der Waals surface area contributed by atoms with Crippen molar-refractivity contribution in [1.82, 2.24) is 9.62 Å². The highest BCUT2D eigenvalue weighted by atomic mass is 32.2. The van der Waals surface area contributed by atoms with Gasteiger partial charge in [-0.05, 0) is 46.9 Å². The van der Waals surface area contributed by atoms with Gasteiger partial charge < -0.3 is 5.32 Å². The van der Waals surface area contributed by atoms with Crippen molar-refractivity contribution in [3.63, 3.8) is 0 Å². The number of fused-ring (bicyclic) bond motifs is 2. The molecule has 1 atom stereocenters. The summed E-state index contributed by atoms with van der Waals surface area (Å²) in [6, 6.07) is 20.6. The quantitative estimate of drug-likeness (QED) is 0.722. The van der Waals surface area contributed by atoms with Gasteiger partial charge in [-0.25, -0.2) is 8.42 Å². The van der Waals surface area contributed by atoms with Crippen LogP contribution in [-0.4, -0.2) is 32.2 Å². The van der Waals surface area contributed by atoms with Crippen LogP contribution < -0.4 is 5.32 Å². The number of sulfonamides is 1. The Labute approximate surface area is 165 Å². The third-order valence-corrected chi connectivity index (χ3v) is 7.06. The van der Waals surface area contributed by atoms with Crippen LogP contribution in [-0.2, 0) is 21.2 Å². The molecule has 1 unspecified atom stereocenters. The van der Waals surface area contributed by atoms with E-state index in [1.807, 2.05) is 42.5 Å². The Morgan fingerprint density at radius 2 is 1.75 bits per heavy atom. The maximum absolute atomic E-state index is 12.9. The van der Waals surface area contributed by atoms with E-state index in [-0.39, 0.29) is 23.4 Å². The van der Waals surface area contributed by atoms with Gasteiger partial charge in [0.25, 0.3) is 0 Å². The lowest BCUT2D eigenvalue weighted by molar-refractivity contribution is -0.121. The third-order valence-electron chi connectivity index (χ3n) is 5.26. The minimum Gasteiger partial charge on any atom is -0.348 e. The van der Waals surface area contributed by atoms with Crippen LogP contribution in [0.3, 0.4) is 0 Å². The van der Waals surface area contributed by atoms with E-state index in [1.54, 1.807) is 18.2 Å². The van der Waals surface area contributed by atoms with Crippen molar-refractivity contribution >= 4 is 26.7 Å². The van der Waals surface area contributed by atoms with Gasteiger partial charge in [-0.2, -0.15) is 4.31 Å². The van der Waals surface area contributed by atoms with Crippen molar-refractivity contribution in [3.05, 3.63) is 77.9 Å². The molecule has 0 fully saturated rings. The molecule has 0 saturated heterocycles. The number of likely N-dealkylation sites (N-methyl/N-ethyl adjacent to an activating group) is 1. The summed E-state index contributed by atoms with van der Waals surface area (Å²) in [5.74, 6) is -0.298. The Morgan fingerprint density at radius 3 is 2.57 bits per heavy atom. The number of rotatable bonds is 5. The molecule has 3 aromatic carbocycles. The molecule has 144 valence electrons. The highest BCUT2D eigenvalue weighted by Gasteiger charge is 2.27. The van der Waals surface area contributed by atoms with Gasteiger partial charge in [-0.1, -0.05) is 54.6 Å². The lowest BCUT2D eigenvalue weighted by Crippen LogP contribution is -2.39. The molecule has 1 N–H and O–H groups in total. The Bertz CT molecular complexity index is 1140. The highest BCUT2D eigenvalue weighted by molar-refractivity contribution is 7.89. The van der Waals surface area contributed by atoms with Crippen LogP contribution in [0.1, 0.15) is 23.6 Å². The van der Waals surface area contributed by atoms with Crippen LogP contribution in [0.4, 0.5) is 0 Å². The third kappa shape index (κ3) is 3.53. The second-order valence-corrected chi connectivity index (χ2v) is 9.17. The molecule has 0 heterocycles. The molecule has 1 amide bonds.